The Hall–Kier alpha value is -4.14. The van der Waals surface area contributed by atoms with Crippen LogP contribution in [0.2, 0.25) is 0 Å². The van der Waals surface area contributed by atoms with Gasteiger partial charge in [0.25, 0.3) is 5.91 Å². The number of phenolic OH excluding ortho intramolecular Hbond substituents is 1. The van der Waals surface area contributed by atoms with Crippen LogP contribution in [0.4, 0.5) is 5.69 Å². The number of benzene rings is 1. The maximum Gasteiger partial charge on any atom is 0.255 e. The summed E-state index contributed by atoms with van der Waals surface area (Å²) in [6.45, 7) is 1.26. The number of aliphatic hydroxyl groups is 3. The summed E-state index contributed by atoms with van der Waals surface area (Å²) in [5, 5.41) is 45.0. The number of aromatic hydroxyl groups is 1. The van der Waals surface area contributed by atoms with E-state index in [-0.39, 0.29) is 29.5 Å². The predicted molar refractivity (Wildman–Crippen MR) is 136 cm³/mol. The first-order chi connectivity index (χ1) is 17.6. The van der Waals surface area contributed by atoms with Crippen molar-refractivity contribution in [3.63, 3.8) is 0 Å². The second-order valence-electron chi connectivity index (χ2n) is 10.3. The molecule has 1 saturated carbocycles. The molecule has 4 unspecified atom stereocenters. The minimum atomic E-state index is -2.71. The van der Waals surface area contributed by atoms with Crippen LogP contribution in [0, 0.1) is 23.7 Å². The van der Waals surface area contributed by atoms with Gasteiger partial charge in [-0.1, -0.05) is 5.92 Å². The van der Waals surface area contributed by atoms with Crippen LogP contribution in [0.3, 0.4) is 0 Å². The zero-order valence-corrected chi connectivity index (χ0v) is 21.6. The molecular formula is C27H29N3O8. The fourth-order valence-electron chi connectivity index (χ4n) is 5.94. The lowest BCUT2D eigenvalue weighted by molar-refractivity contribution is -0.153. The SMILES string of the molecule is CC(=O)C#Cc1cc(N(C)C)c2c(c1O)C(O)=C1C(=O)C3(O)C(O)=C(C(N)=O)C(=O)C(N(C)C)C3CC1C2. The van der Waals surface area contributed by atoms with Crippen molar-refractivity contribution in [3.05, 3.63) is 39.7 Å². The molecule has 1 aromatic rings. The normalized spacial score (nSPS) is 26.3. The van der Waals surface area contributed by atoms with Crippen molar-refractivity contribution >= 4 is 34.7 Å². The molecule has 11 nitrogen and oxygen atoms in total. The Bertz CT molecular complexity index is 1440. The first-order valence-electron chi connectivity index (χ1n) is 11.9. The van der Waals surface area contributed by atoms with Crippen LogP contribution < -0.4 is 10.6 Å². The summed E-state index contributed by atoms with van der Waals surface area (Å²) < 4.78 is 0. The van der Waals surface area contributed by atoms with Crippen LogP contribution >= 0.6 is 0 Å². The minimum Gasteiger partial charge on any atom is -0.508 e. The highest BCUT2D eigenvalue weighted by Crippen LogP contribution is 2.54. The van der Waals surface area contributed by atoms with Gasteiger partial charge in [0.2, 0.25) is 11.6 Å². The van der Waals surface area contributed by atoms with E-state index >= 15 is 0 Å². The van der Waals surface area contributed by atoms with E-state index in [1.807, 2.05) is 0 Å². The first kappa shape index (κ1) is 26.9. The largest absolute Gasteiger partial charge is 0.508 e. The Morgan fingerprint density at radius 2 is 1.76 bits per heavy atom. The van der Waals surface area contributed by atoms with E-state index in [9.17, 15) is 39.6 Å². The fourth-order valence-corrected chi connectivity index (χ4v) is 5.94. The molecule has 0 aromatic heterocycles. The third-order valence-electron chi connectivity index (χ3n) is 7.55. The van der Waals surface area contributed by atoms with Gasteiger partial charge in [0.1, 0.15) is 22.8 Å². The molecule has 1 fully saturated rings. The molecule has 0 heterocycles. The topological polar surface area (TPSA) is 182 Å². The smallest absolute Gasteiger partial charge is 0.255 e. The van der Waals surface area contributed by atoms with Gasteiger partial charge in [-0.15, -0.1) is 0 Å². The molecule has 4 rings (SSSR count). The summed E-state index contributed by atoms with van der Waals surface area (Å²) in [6, 6.07) is 0.419. The monoisotopic (exact) mass is 523 g/mol. The molecular weight excluding hydrogens is 494 g/mol. The number of hydrogen-bond donors (Lipinski definition) is 5. The van der Waals surface area contributed by atoms with Crippen molar-refractivity contribution in [1.29, 1.82) is 0 Å². The molecule has 6 N–H and O–H groups in total. The van der Waals surface area contributed by atoms with Crippen LogP contribution in [0.15, 0.2) is 23.0 Å². The Labute approximate surface area is 218 Å². The lowest BCUT2D eigenvalue weighted by atomic mass is 9.57. The predicted octanol–water partition coefficient (Wildman–Crippen LogP) is -0.0295. The van der Waals surface area contributed by atoms with Gasteiger partial charge in [-0.05, 0) is 50.4 Å². The maximum atomic E-state index is 13.9. The van der Waals surface area contributed by atoms with Crippen LogP contribution in [-0.2, 0) is 25.6 Å². The van der Waals surface area contributed by atoms with Crippen molar-refractivity contribution in [1.82, 2.24) is 4.90 Å². The number of amides is 1. The summed E-state index contributed by atoms with van der Waals surface area (Å²) in [5.41, 5.74) is 2.54. The lowest BCUT2D eigenvalue weighted by Crippen LogP contribution is -2.65. The molecule has 11 heteroatoms. The Kier molecular flexibility index (Phi) is 6.38. The molecule has 3 aliphatic rings. The van der Waals surface area contributed by atoms with Crippen molar-refractivity contribution in [2.75, 3.05) is 33.1 Å². The number of Topliss-reactive ketones (excluding diaryl/α,β-unsaturated/α-hetero) is 3. The van der Waals surface area contributed by atoms with E-state index in [0.717, 1.165) is 0 Å². The minimum absolute atomic E-state index is 0.00864. The molecule has 4 atom stereocenters. The molecule has 1 aromatic carbocycles. The van der Waals surface area contributed by atoms with Crippen molar-refractivity contribution in [2.45, 2.75) is 31.4 Å². The zero-order valence-electron chi connectivity index (χ0n) is 21.6. The zero-order chi connectivity index (χ0) is 28.4. The number of aliphatic hydroxyl groups excluding tert-OH is 2. The molecule has 0 radical (unpaired) electrons. The average Bonchev–Trinajstić information content (AvgIpc) is 2.80. The van der Waals surface area contributed by atoms with Gasteiger partial charge in [-0.2, -0.15) is 0 Å². The van der Waals surface area contributed by atoms with Gasteiger partial charge < -0.3 is 31.1 Å². The highest BCUT2D eigenvalue weighted by Gasteiger charge is 2.64. The third-order valence-corrected chi connectivity index (χ3v) is 7.55. The summed E-state index contributed by atoms with van der Waals surface area (Å²) in [4.78, 5) is 53.7. The number of phenols is 1. The number of ketones is 3. The number of likely N-dealkylation sites (N-methyl/N-ethyl adjacent to an activating group) is 1. The van der Waals surface area contributed by atoms with Crippen LogP contribution in [0.1, 0.15) is 30.0 Å². The van der Waals surface area contributed by atoms with Crippen LogP contribution in [-0.4, -0.2) is 88.4 Å². The number of carbonyl (C=O) groups is 4. The van der Waals surface area contributed by atoms with Crippen molar-refractivity contribution < 1.29 is 39.6 Å². The second-order valence-corrected chi connectivity index (χ2v) is 10.3. The van der Waals surface area contributed by atoms with Gasteiger partial charge in [0, 0.05) is 38.2 Å². The summed E-state index contributed by atoms with van der Waals surface area (Å²) in [5.74, 6) is -2.78. The third kappa shape index (κ3) is 3.68. The van der Waals surface area contributed by atoms with Gasteiger partial charge in [-0.3, -0.25) is 24.1 Å². The number of primary amides is 1. The Morgan fingerprint density at radius 1 is 1.13 bits per heavy atom. The van der Waals surface area contributed by atoms with E-state index in [0.29, 0.717) is 11.3 Å². The average molecular weight is 524 g/mol. The fraction of sp³-hybridized carbons (Fsp3) is 0.407. The van der Waals surface area contributed by atoms with Gasteiger partial charge >= 0.3 is 0 Å². The molecule has 3 aliphatic carbocycles. The Morgan fingerprint density at radius 3 is 2.29 bits per heavy atom. The van der Waals surface area contributed by atoms with E-state index in [4.69, 9.17) is 5.73 Å². The summed E-state index contributed by atoms with van der Waals surface area (Å²) in [7, 11) is 6.57. The molecule has 1 amide bonds. The molecule has 0 saturated heterocycles. The van der Waals surface area contributed by atoms with E-state index in [1.165, 1.54) is 11.8 Å². The van der Waals surface area contributed by atoms with Crippen LogP contribution in [0.5, 0.6) is 5.75 Å². The molecule has 38 heavy (non-hydrogen) atoms. The number of fused-ring (bicyclic) bond motifs is 3. The quantitative estimate of drug-likeness (QED) is 0.266. The molecule has 0 bridgehead atoms. The highest BCUT2D eigenvalue weighted by molar-refractivity contribution is 6.24. The van der Waals surface area contributed by atoms with Gasteiger partial charge in [-0.25, -0.2) is 0 Å². The highest BCUT2D eigenvalue weighted by atomic mass is 16.3. The number of nitrogens with two attached hydrogens (primary N) is 1. The number of nitrogens with zero attached hydrogens (tertiary/aromatic N) is 2. The first-order valence-corrected chi connectivity index (χ1v) is 11.9. The Balaban J connectivity index is 2.02. The van der Waals surface area contributed by atoms with Gasteiger partial charge in [0.15, 0.2) is 11.4 Å². The standard InChI is InChI=1S/C27H29N3O8/c1-11(31)6-7-12-10-16(29(2)3)14-8-13-9-15-20(30(4)5)23(34)19(26(28)37)25(36)27(15,38)24(35)17(13)22(33)18(14)21(12)32/h10,13,15,20,32-33,36,38H,8-9H2,1-5H3,(H2,28,37). The van der Waals surface area contributed by atoms with E-state index in [2.05, 4.69) is 11.8 Å². The number of anilines is 1. The maximum absolute atomic E-state index is 13.9. The summed E-state index contributed by atoms with van der Waals surface area (Å²) in [6.07, 6.45) is 0.140. The van der Waals surface area contributed by atoms with Crippen LogP contribution in [0.25, 0.3) is 5.76 Å². The molecule has 0 aliphatic heterocycles. The number of rotatable bonds is 3. The molecule has 0 spiro atoms. The van der Waals surface area contributed by atoms with E-state index < -0.39 is 69.6 Å². The van der Waals surface area contributed by atoms with Crippen molar-refractivity contribution in [2.24, 2.45) is 17.6 Å². The lowest BCUT2D eigenvalue weighted by Gasteiger charge is -2.50. The number of carbonyl (C=O) groups excluding carboxylic acids is 4. The van der Waals surface area contributed by atoms with Gasteiger partial charge in [0.05, 0.1) is 17.2 Å². The van der Waals surface area contributed by atoms with Crippen molar-refractivity contribution in [3.8, 4) is 17.6 Å². The number of hydrogen-bond acceptors (Lipinski definition) is 10. The summed E-state index contributed by atoms with van der Waals surface area (Å²) >= 11 is 0. The second kappa shape index (κ2) is 9.01. The molecule has 200 valence electrons. The van der Waals surface area contributed by atoms with E-state index in [1.54, 1.807) is 39.2 Å².